The number of aryl methyl sites for hydroxylation is 2. The van der Waals surface area contributed by atoms with Crippen LogP contribution in [0.15, 0.2) is 71.2 Å². The van der Waals surface area contributed by atoms with E-state index < -0.39 is 0 Å². The van der Waals surface area contributed by atoms with Gasteiger partial charge in [-0.25, -0.2) is 4.68 Å². The molecule has 4 rings (SSSR count). The Morgan fingerprint density at radius 1 is 1.09 bits per heavy atom. The molecule has 4 aromatic rings. The largest absolute Gasteiger partial charge is 0.340 e. The van der Waals surface area contributed by atoms with E-state index >= 15 is 0 Å². The number of aromatic nitrogens is 4. The van der Waals surface area contributed by atoms with Gasteiger partial charge in [-0.3, -0.25) is 9.59 Å². The van der Waals surface area contributed by atoms with Gasteiger partial charge in [0.05, 0.1) is 11.8 Å². The van der Waals surface area contributed by atoms with E-state index in [9.17, 15) is 9.59 Å². The van der Waals surface area contributed by atoms with Crippen LogP contribution in [0, 0.1) is 6.92 Å². The van der Waals surface area contributed by atoms with Crippen LogP contribution < -0.4 is 10.6 Å². The summed E-state index contributed by atoms with van der Waals surface area (Å²) in [6.07, 6.45) is 0. The zero-order chi connectivity index (χ0) is 23.2. The number of hydrogen-bond donors (Lipinski definition) is 2. The van der Waals surface area contributed by atoms with Crippen LogP contribution in [0.3, 0.4) is 0 Å². The molecule has 33 heavy (non-hydrogen) atoms. The molecule has 1 unspecified atom stereocenters. The van der Waals surface area contributed by atoms with Gasteiger partial charge in [-0.15, -0.1) is 16.4 Å². The second-order valence-electron chi connectivity index (χ2n) is 7.33. The third-order valence-electron chi connectivity index (χ3n) is 4.86. The molecule has 0 fully saturated rings. The Labute approximate surface area is 199 Å². The number of nitrogens with zero attached hydrogens (tertiary/aromatic N) is 4. The van der Waals surface area contributed by atoms with Crippen molar-refractivity contribution in [2.24, 2.45) is 7.05 Å². The number of amides is 2. The average Bonchev–Trinajstić information content (AvgIpc) is 3.49. The molecule has 2 aromatic heterocycles. The molecule has 168 valence electrons. The average molecular weight is 479 g/mol. The Kier molecular flexibility index (Phi) is 7.16. The molecule has 10 heteroatoms. The normalized spacial score (nSPS) is 11.7. The Balaban J connectivity index is 1.39. The van der Waals surface area contributed by atoms with E-state index in [-0.39, 0.29) is 23.6 Å². The lowest BCUT2D eigenvalue weighted by Gasteiger charge is -2.18. The maximum absolute atomic E-state index is 13.0. The zero-order valence-corrected chi connectivity index (χ0v) is 19.7. The number of nitrogens with one attached hydrogen (secondary N) is 2. The molecular formula is C23H22N6O2S2. The monoisotopic (exact) mass is 478 g/mol. The number of carbonyl (C=O) groups is 2. The van der Waals surface area contributed by atoms with Gasteiger partial charge in [0.25, 0.3) is 5.91 Å². The van der Waals surface area contributed by atoms with E-state index in [1.54, 1.807) is 42.6 Å². The van der Waals surface area contributed by atoms with Crippen LogP contribution in [0.2, 0.25) is 0 Å². The van der Waals surface area contributed by atoms with E-state index in [0.717, 1.165) is 10.4 Å². The van der Waals surface area contributed by atoms with Gasteiger partial charge in [-0.05, 0) is 58.6 Å². The van der Waals surface area contributed by atoms with E-state index in [1.807, 2.05) is 48.7 Å². The van der Waals surface area contributed by atoms with Crippen LogP contribution in [0.1, 0.15) is 32.4 Å². The van der Waals surface area contributed by atoms with Gasteiger partial charge in [0.15, 0.2) is 0 Å². The van der Waals surface area contributed by atoms with Gasteiger partial charge in [-0.2, -0.15) is 0 Å². The number of hydrogen-bond acceptors (Lipinski definition) is 7. The van der Waals surface area contributed by atoms with Crippen molar-refractivity contribution in [1.82, 2.24) is 25.5 Å². The first-order valence-electron chi connectivity index (χ1n) is 10.2. The standard InChI is InChI=1S/C23H22N6O2S2/c1-15-5-7-16(8-6-15)21(19-4-3-13-32-19)25-22(31)17-9-11-18(12-10-17)24-20(30)14-33-23-26-27-28-29(23)2/h3-13,21H,14H2,1-2H3,(H,24,30)(H,25,31). The van der Waals surface area contributed by atoms with Crippen molar-refractivity contribution < 1.29 is 9.59 Å². The maximum Gasteiger partial charge on any atom is 0.252 e. The summed E-state index contributed by atoms with van der Waals surface area (Å²) in [4.78, 5) is 26.2. The Hall–Kier alpha value is -3.50. The molecule has 1 atom stereocenters. The molecule has 0 saturated carbocycles. The molecule has 0 aliphatic heterocycles. The number of thiophene rings is 1. The van der Waals surface area contributed by atoms with Crippen molar-refractivity contribution in [3.05, 3.63) is 87.6 Å². The van der Waals surface area contributed by atoms with E-state index in [4.69, 9.17) is 0 Å². The first-order chi connectivity index (χ1) is 16.0. The van der Waals surface area contributed by atoms with Gasteiger partial charge < -0.3 is 10.6 Å². The molecule has 0 bridgehead atoms. The fourth-order valence-corrected chi connectivity index (χ4v) is 4.58. The highest BCUT2D eigenvalue weighted by Crippen LogP contribution is 2.27. The molecule has 0 radical (unpaired) electrons. The topological polar surface area (TPSA) is 102 Å². The highest BCUT2D eigenvalue weighted by molar-refractivity contribution is 7.99. The second-order valence-corrected chi connectivity index (χ2v) is 9.25. The van der Waals surface area contributed by atoms with Gasteiger partial charge >= 0.3 is 0 Å². The van der Waals surface area contributed by atoms with Crippen LogP contribution in [0.25, 0.3) is 0 Å². The molecule has 2 amide bonds. The van der Waals surface area contributed by atoms with E-state index in [2.05, 4.69) is 26.2 Å². The Morgan fingerprint density at radius 2 is 1.85 bits per heavy atom. The molecule has 0 aliphatic carbocycles. The molecule has 2 aromatic carbocycles. The first kappa shape index (κ1) is 22.7. The zero-order valence-electron chi connectivity index (χ0n) is 18.1. The minimum absolute atomic E-state index is 0.176. The molecule has 0 spiro atoms. The highest BCUT2D eigenvalue weighted by Gasteiger charge is 2.19. The number of anilines is 1. The van der Waals surface area contributed by atoms with Crippen molar-refractivity contribution in [3.63, 3.8) is 0 Å². The van der Waals surface area contributed by atoms with Crippen molar-refractivity contribution >= 4 is 40.6 Å². The van der Waals surface area contributed by atoms with Crippen LogP contribution in [-0.2, 0) is 11.8 Å². The van der Waals surface area contributed by atoms with E-state index in [0.29, 0.717) is 16.4 Å². The van der Waals surface area contributed by atoms with Crippen LogP contribution in [0.5, 0.6) is 0 Å². The molecule has 8 nitrogen and oxygen atoms in total. The molecule has 0 aliphatic rings. The smallest absolute Gasteiger partial charge is 0.252 e. The molecule has 2 heterocycles. The van der Waals surface area contributed by atoms with Gasteiger partial charge in [0.1, 0.15) is 0 Å². The summed E-state index contributed by atoms with van der Waals surface area (Å²) in [7, 11) is 1.71. The lowest BCUT2D eigenvalue weighted by Crippen LogP contribution is -2.28. The Morgan fingerprint density at radius 3 is 2.48 bits per heavy atom. The summed E-state index contributed by atoms with van der Waals surface area (Å²) in [5.41, 5.74) is 3.32. The van der Waals surface area contributed by atoms with Crippen molar-refractivity contribution in [2.45, 2.75) is 18.1 Å². The third-order valence-corrected chi connectivity index (χ3v) is 6.81. The summed E-state index contributed by atoms with van der Waals surface area (Å²) in [5, 5.41) is 19.6. The summed E-state index contributed by atoms with van der Waals surface area (Å²) in [5.74, 6) is -0.190. The van der Waals surface area contributed by atoms with Crippen LogP contribution >= 0.6 is 23.1 Å². The lowest BCUT2D eigenvalue weighted by molar-refractivity contribution is -0.113. The van der Waals surface area contributed by atoms with Gasteiger partial charge in [-0.1, -0.05) is 47.7 Å². The number of benzene rings is 2. The molecular weight excluding hydrogens is 456 g/mol. The second kappa shape index (κ2) is 10.4. The quantitative estimate of drug-likeness (QED) is 0.373. The summed E-state index contributed by atoms with van der Waals surface area (Å²) in [6, 6.07) is 18.7. The number of rotatable bonds is 8. The van der Waals surface area contributed by atoms with Crippen LogP contribution in [-0.4, -0.2) is 37.8 Å². The van der Waals surface area contributed by atoms with Crippen molar-refractivity contribution in [2.75, 3.05) is 11.1 Å². The lowest BCUT2D eigenvalue weighted by atomic mass is 10.0. The van der Waals surface area contributed by atoms with Crippen molar-refractivity contribution in [3.8, 4) is 0 Å². The van der Waals surface area contributed by atoms with Gasteiger partial charge in [0.2, 0.25) is 11.1 Å². The first-order valence-corrected chi connectivity index (χ1v) is 12.0. The molecule has 0 saturated heterocycles. The van der Waals surface area contributed by atoms with E-state index in [1.165, 1.54) is 22.0 Å². The predicted molar refractivity (Wildman–Crippen MR) is 129 cm³/mol. The third kappa shape index (κ3) is 5.85. The minimum Gasteiger partial charge on any atom is -0.340 e. The number of thioether (sulfide) groups is 1. The maximum atomic E-state index is 13.0. The van der Waals surface area contributed by atoms with Crippen LogP contribution in [0.4, 0.5) is 5.69 Å². The summed E-state index contributed by atoms with van der Waals surface area (Å²) >= 11 is 2.85. The highest BCUT2D eigenvalue weighted by atomic mass is 32.2. The number of carbonyl (C=O) groups excluding carboxylic acids is 2. The minimum atomic E-state index is -0.232. The summed E-state index contributed by atoms with van der Waals surface area (Å²) in [6.45, 7) is 2.04. The SMILES string of the molecule is Cc1ccc(C(NC(=O)c2ccc(NC(=O)CSc3nnnn3C)cc2)c2cccs2)cc1. The fraction of sp³-hybridized carbons (Fsp3) is 0.174. The van der Waals surface area contributed by atoms with Crippen molar-refractivity contribution in [1.29, 1.82) is 0 Å². The summed E-state index contributed by atoms with van der Waals surface area (Å²) < 4.78 is 1.51. The van der Waals surface area contributed by atoms with Gasteiger partial charge in [0, 0.05) is 23.2 Å². The fourth-order valence-electron chi connectivity index (χ4n) is 3.12. The predicted octanol–water partition coefficient (Wildman–Crippen LogP) is 3.83. The molecule has 2 N–H and O–H groups in total. The number of tetrazole rings is 1. The Bertz CT molecular complexity index is 1220.